The van der Waals surface area contributed by atoms with Crippen LogP contribution in [0.15, 0.2) is 36.5 Å². The van der Waals surface area contributed by atoms with E-state index in [1.165, 1.54) is 42.7 Å². The summed E-state index contributed by atoms with van der Waals surface area (Å²) in [5.41, 5.74) is 3.01. The monoisotopic (exact) mass is 458 g/mol. The summed E-state index contributed by atoms with van der Waals surface area (Å²) in [4.78, 5) is 23.2. The standard InChI is InChI=1S/C25H29F3N4O/c26-25(27,28)23-7-6-20(15-29-23)18-4-5-21-16-30(9-8-19(21)14-18)17-24(33)32-12-10-31(11-13-32)22-2-1-3-22/h4-7,14-15,22H,1-3,8-13,16-17H2. The number of fused-ring (bicyclic) bond motifs is 1. The topological polar surface area (TPSA) is 39.7 Å². The molecule has 0 radical (unpaired) electrons. The largest absolute Gasteiger partial charge is 0.433 e. The number of hydrogen-bond acceptors (Lipinski definition) is 4. The van der Waals surface area contributed by atoms with Gasteiger partial charge >= 0.3 is 6.18 Å². The Balaban J connectivity index is 1.17. The van der Waals surface area contributed by atoms with Crippen LogP contribution in [0.2, 0.25) is 0 Å². The number of benzene rings is 1. The summed E-state index contributed by atoms with van der Waals surface area (Å²) in [6.07, 6.45) is 1.61. The van der Waals surface area contributed by atoms with Crippen LogP contribution in [0.5, 0.6) is 0 Å². The van der Waals surface area contributed by atoms with Crippen LogP contribution < -0.4 is 0 Å². The number of amides is 1. The van der Waals surface area contributed by atoms with E-state index in [2.05, 4.69) is 14.8 Å². The minimum atomic E-state index is -4.43. The molecular formula is C25H29F3N4O. The van der Waals surface area contributed by atoms with E-state index in [0.29, 0.717) is 18.7 Å². The lowest BCUT2D eigenvalue weighted by atomic mass is 9.91. The van der Waals surface area contributed by atoms with Crippen LogP contribution in [0.3, 0.4) is 0 Å². The molecule has 2 fully saturated rings. The molecule has 3 heterocycles. The third-order valence-corrected chi connectivity index (χ3v) is 7.30. The van der Waals surface area contributed by atoms with Crippen molar-refractivity contribution in [1.29, 1.82) is 0 Å². The first-order chi connectivity index (χ1) is 15.9. The third kappa shape index (κ3) is 4.92. The molecule has 1 saturated carbocycles. The van der Waals surface area contributed by atoms with Crippen LogP contribution >= 0.6 is 0 Å². The van der Waals surface area contributed by atoms with Crippen LogP contribution in [0.4, 0.5) is 13.2 Å². The van der Waals surface area contributed by atoms with E-state index in [-0.39, 0.29) is 5.91 Å². The van der Waals surface area contributed by atoms with Gasteiger partial charge in [-0.15, -0.1) is 0 Å². The molecule has 33 heavy (non-hydrogen) atoms. The number of pyridine rings is 1. The second kappa shape index (κ2) is 9.06. The highest BCUT2D eigenvalue weighted by Crippen LogP contribution is 2.30. The molecule has 1 aromatic carbocycles. The molecule has 0 bridgehead atoms. The van der Waals surface area contributed by atoms with E-state index >= 15 is 0 Å². The molecule has 0 atom stereocenters. The zero-order valence-electron chi connectivity index (χ0n) is 18.7. The molecule has 1 saturated heterocycles. The van der Waals surface area contributed by atoms with Gasteiger partial charge in [-0.3, -0.25) is 19.6 Å². The normalized spacial score (nSPS) is 20.4. The summed E-state index contributed by atoms with van der Waals surface area (Å²) in [5.74, 6) is 0.208. The van der Waals surface area contributed by atoms with Gasteiger partial charge in [-0.05, 0) is 42.0 Å². The van der Waals surface area contributed by atoms with Crippen LogP contribution in [-0.2, 0) is 23.9 Å². The molecule has 176 valence electrons. The zero-order chi connectivity index (χ0) is 23.0. The number of nitrogens with zero attached hydrogens (tertiary/aromatic N) is 4. The summed E-state index contributed by atoms with van der Waals surface area (Å²) in [5, 5.41) is 0. The fraction of sp³-hybridized carbons (Fsp3) is 0.520. The van der Waals surface area contributed by atoms with Crippen LogP contribution in [0.25, 0.3) is 11.1 Å². The van der Waals surface area contributed by atoms with Gasteiger partial charge in [0, 0.05) is 57.1 Å². The summed E-state index contributed by atoms with van der Waals surface area (Å²) in [6, 6.07) is 9.22. The average Bonchev–Trinajstić information content (AvgIpc) is 2.77. The number of carbonyl (C=O) groups excluding carboxylic acids is 1. The third-order valence-electron chi connectivity index (χ3n) is 7.30. The highest BCUT2D eigenvalue weighted by molar-refractivity contribution is 5.78. The first-order valence-electron chi connectivity index (χ1n) is 11.8. The van der Waals surface area contributed by atoms with Crippen molar-refractivity contribution in [2.24, 2.45) is 0 Å². The molecule has 0 spiro atoms. The molecule has 2 aliphatic heterocycles. The van der Waals surface area contributed by atoms with Crippen molar-refractivity contribution < 1.29 is 18.0 Å². The Bertz CT molecular complexity index is 996. The summed E-state index contributed by atoms with van der Waals surface area (Å²) in [6.45, 7) is 5.58. The molecule has 5 rings (SSSR count). The van der Waals surface area contributed by atoms with Gasteiger partial charge in [0.25, 0.3) is 0 Å². The average molecular weight is 459 g/mol. The number of halogens is 3. The van der Waals surface area contributed by atoms with E-state index in [9.17, 15) is 18.0 Å². The second-order valence-corrected chi connectivity index (χ2v) is 9.38. The Labute approximate surface area is 192 Å². The number of rotatable bonds is 4. The van der Waals surface area contributed by atoms with Gasteiger partial charge in [0.05, 0.1) is 6.54 Å². The van der Waals surface area contributed by atoms with Crippen molar-refractivity contribution in [3.63, 3.8) is 0 Å². The lowest BCUT2D eigenvalue weighted by molar-refractivity contribution is -0.141. The Morgan fingerprint density at radius 1 is 0.970 bits per heavy atom. The molecule has 1 amide bonds. The van der Waals surface area contributed by atoms with Crippen LogP contribution in [-0.4, -0.2) is 70.9 Å². The summed E-state index contributed by atoms with van der Waals surface area (Å²) < 4.78 is 38.3. The first-order valence-corrected chi connectivity index (χ1v) is 11.8. The fourth-order valence-corrected chi connectivity index (χ4v) is 5.04. The fourth-order valence-electron chi connectivity index (χ4n) is 5.04. The quantitative estimate of drug-likeness (QED) is 0.699. The SMILES string of the molecule is O=C(CN1CCc2cc(-c3ccc(C(F)(F)F)nc3)ccc2C1)N1CCN(C2CCC2)CC1. The van der Waals surface area contributed by atoms with E-state index in [1.807, 2.05) is 23.1 Å². The van der Waals surface area contributed by atoms with Gasteiger partial charge in [0.15, 0.2) is 0 Å². The van der Waals surface area contributed by atoms with Gasteiger partial charge in [-0.2, -0.15) is 13.2 Å². The van der Waals surface area contributed by atoms with Crippen molar-refractivity contribution in [1.82, 2.24) is 19.7 Å². The van der Waals surface area contributed by atoms with Crippen LogP contribution in [0, 0.1) is 0 Å². The molecular weight excluding hydrogens is 429 g/mol. The van der Waals surface area contributed by atoms with E-state index in [1.54, 1.807) is 0 Å². The number of piperazine rings is 1. The van der Waals surface area contributed by atoms with E-state index in [0.717, 1.165) is 56.8 Å². The molecule has 1 aliphatic carbocycles. The summed E-state index contributed by atoms with van der Waals surface area (Å²) in [7, 11) is 0. The molecule has 8 heteroatoms. The minimum Gasteiger partial charge on any atom is -0.339 e. The smallest absolute Gasteiger partial charge is 0.339 e. The maximum atomic E-state index is 12.9. The van der Waals surface area contributed by atoms with Gasteiger partial charge in [-0.1, -0.05) is 30.7 Å². The van der Waals surface area contributed by atoms with Gasteiger partial charge in [-0.25, -0.2) is 0 Å². The Hall–Kier alpha value is -2.45. The highest BCUT2D eigenvalue weighted by Gasteiger charge is 2.32. The number of aromatic nitrogens is 1. The zero-order valence-corrected chi connectivity index (χ0v) is 18.7. The van der Waals surface area contributed by atoms with Crippen molar-refractivity contribution in [2.75, 3.05) is 39.3 Å². The van der Waals surface area contributed by atoms with Gasteiger partial charge < -0.3 is 4.90 Å². The lowest BCUT2D eigenvalue weighted by Gasteiger charge is -2.43. The van der Waals surface area contributed by atoms with Gasteiger partial charge in [0.2, 0.25) is 5.91 Å². The van der Waals surface area contributed by atoms with E-state index < -0.39 is 11.9 Å². The highest BCUT2D eigenvalue weighted by atomic mass is 19.4. The Morgan fingerprint density at radius 3 is 2.36 bits per heavy atom. The van der Waals surface area contributed by atoms with Crippen molar-refractivity contribution in [3.05, 3.63) is 53.3 Å². The number of hydrogen-bond donors (Lipinski definition) is 0. The molecule has 0 N–H and O–H groups in total. The predicted octanol–water partition coefficient (Wildman–Crippen LogP) is 3.82. The maximum absolute atomic E-state index is 12.9. The second-order valence-electron chi connectivity index (χ2n) is 9.38. The Kier molecular flexibility index (Phi) is 6.14. The molecule has 3 aliphatic rings. The first kappa shape index (κ1) is 22.3. The number of alkyl halides is 3. The lowest BCUT2D eigenvalue weighted by Crippen LogP contribution is -2.55. The van der Waals surface area contributed by atoms with Crippen molar-refractivity contribution in [3.8, 4) is 11.1 Å². The van der Waals surface area contributed by atoms with Gasteiger partial charge in [0.1, 0.15) is 5.69 Å². The molecule has 1 aromatic heterocycles. The van der Waals surface area contributed by atoms with E-state index in [4.69, 9.17) is 0 Å². The molecule has 2 aromatic rings. The summed E-state index contributed by atoms with van der Waals surface area (Å²) >= 11 is 0. The minimum absolute atomic E-state index is 0.208. The molecule has 5 nitrogen and oxygen atoms in total. The maximum Gasteiger partial charge on any atom is 0.433 e. The Morgan fingerprint density at radius 2 is 1.73 bits per heavy atom. The predicted molar refractivity (Wildman–Crippen MR) is 119 cm³/mol. The van der Waals surface area contributed by atoms with Crippen molar-refractivity contribution in [2.45, 2.75) is 44.4 Å². The van der Waals surface area contributed by atoms with Crippen molar-refractivity contribution >= 4 is 5.91 Å². The molecule has 0 unspecified atom stereocenters. The van der Waals surface area contributed by atoms with Crippen LogP contribution in [0.1, 0.15) is 36.1 Å². The number of carbonyl (C=O) groups is 1.